The largest absolute Gasteiger partial charge is 0.377 e. The van der Waals surface area contributed by atoms with Gasteiger partial charge in [0.05, 0.1) is 12.8 Å². The summed E-state index contributed by atoms with van der Waals surface area (Å²) >= 11 is 0. The summed E-state index contributed by atoms with van der Waals surface area (Å²) in [5.74, 6) is 3.46. The molecule has 0 saturated heterocycles. The summed E-state index contributed by atoms with van der Waals surface area (Å²) in [5, 5.41) is 0. The fourth-order valence-corrected chi connectivity index (χ4v) is 6.09. The third kappa shape index (κ3) is 8.01. The van der Waals surface area contributed by atoms with Gasteiger partial charge in [0.15, 0.2) is 0 Å². The molecule has 1 aromatic carbocycles. The fraction of sp³-hybridized carbons (Fsp3) is 0.733. The number of methoxy groups -OCH3 is 1. The van der Waals surface area contributed by atoms with Gasteiger partial charge in [0, 0.05) is 7.11 Å². The highest BCUT2D eigenvalue weighted by Crippen LogP contribution is 2.40. The molecule has 1 atom stereocenters. The number of hydrogen-bond acceptors (Lipinski definition) is 1. The van der Waals surface area contributed by atoms with E-state index in [1.54, 1.807) is 0 Å². The number of rotatable bonds is 12. The molecule has 2 aliphatic rings. The predicted molar refractivity (Wildman–Crippen MR) is 135 cm³/mol. The van der Waals surface area contributed by atoms with Crippen molar-refractivity contribution in [2.24, 2.45) is 17.8 Å². The van der Waals surface area contributed by atoms with Crippen molar-refractivity contribution in [2.75, 3.05) is 13.8 Å². The maximum Gasteiger partial charge on any atom is 0.0894 e. The lowest BCUT2D eigenvalue weighted by atomic mass is 9.74. The minimum atomic E-state index is -0.165. The van der Waals surface area contributed by atoms with E-state index in [1.807, 2.05) is 7.11 Å². The highest BCUT2D eigenvalue weighted by atomic mass is 19.1. The number of halogens is 1. The Morgan fingerprint density at radius 2 is 1.53 bits per heavy atom. The summed E-state index contributed by atoms with van der Waals surface area (Å²) < 4.78 is 17.7. The summed E-state index contributed by atoms with van der Waals surface area (Å²) in [6.07, 6.45) is 22.8. The van der Waals surface area contributed by atoms with Crippen LogP contribution in [0.15, 0.2) is 36.4 Å². The molecular weight excluding hydrogens is 395 g/mol. The Morgan fingerprint density at radius 1 is 0.906 bits per heavy atom. The lowest BCUT2D eigenvalue weighted by molar-refractivity contribution is 0.100. The summed E-state index contributed by atoms with van der Waals surface area (Å²) in [5.41, 5.74) is 2.85. The van der Waals surface area contributed by atoms with E-state index in [0.29, 0.717) is 0 Å². The molecule has 180 valence electrons. The number of hydrogen-bond donors (Lipinski definition) is 0. The molecule has 32 heavy (non-hydrogen) atoms. The molecule has 2 aliphatic carbocycles. The van der Waals surface area contributed by atoms with E-state index < -0.39 is 0 Å². The summed E-state index contributed by atoms with van der Waals surface area (Å²) in [4.78, 5) is 0. The minimum Gasteiger partial charge on any atom is -0.377 e. The second-order valence-corrected chi connectivity index (χ2v) is 10.5. The quantitative estimate of drug-likeness (QED) is 0.231. The predicted octanol–water partition coefficient (Wildman–Crippen LogP) is 9.34. The van der Waals surface area contributed by atoms with Crippen molar-refractivity contribution < 1.29 is 9.13 Å². The van der Waals surface area contributed by atoms with Crippen LogP contribution in [0.5, 0.6) is 0 Å². The van der Waals surface area contributed by atoms with Crippen molar-refractivity contribution >= 4 is 0 Å². The van der Waals surface area contributed by atoms with E-state index in [2.05, 4.69) is 43.3 Å². The first-order chi connectivity index (χ1) is 15.7. The number of ether oxygens (including phenoxy) is 1. The average Bonchev–Trinajstić information content (AvgIpc) is 2.85. The Morgan fingerprint density at radius 3 is 2.09 bits per heavy atom. The van der Waals surface area contributed by atoms with E-state index in [9.17, 15) is 4.39 Å². The molecule has 2 fully saturated rings. The lowest BCUT2D eigenvalue weighted by Gasteiger charge is -2.31. The monoisotopic (exact) mass is 442 g/mol. The Labute approximate surface area is 197 Å². The van der Waals surface area contributed by atoms with Gasteiger partial charge in [0.1, 0.15) is 0 Å². The topological polar surface area (TPSA) is 9.23 Å². The van der Waals surface area contributed by atoms with Crippen molar-refractivity contribution in [3.8, 4) is 0 Å². The van der Waals surface area contributed by atoms with E-state index in [4.69, 9.17) is 4.74 Å². The minimum absolute atomic E-state index is 0.165. The Kier molecular flexibility index (Phi) is 11.3. The lowest BCUT2D eigenvalue weighted by Crippen LogP contribution is -2.17. The number of benzene rings is 1. The molecule has 0 radical (unpaired) electrons. The molecule has 1 nitrogen and oxygen atoms in total. The molecule has 3 rings (SSSR count). The van der Waals surface area contributed by atoms with E-state index in [1.165, 1.54) is 75.3 Å². The smallest absolute Gasteiger partial charge is 0.0894 e. The third-order valence-corrected chi connectivity index (χ3v) is 8.32. The van der Waals surface area contributed by atoms with Crippen LogP contribution in [0, 0.1) is 17.8 Å². The Hall–Kier alpha value is -1.15. The van der Waals surface area contributed by atoms with Crippen molar-refractivity contribution in [3.05, 3.63) is 47.5 Å². The molecule has 0 aliphatic heterocycles. The van der Waals surface area contributed by atoms with Gasteiger partial charge in [-0.2, -0.15) is 0 Å². The number of unbranched alkanes of at least 4 members (excludes halogenated alkanes) is 2. The SMILES string of the molecule is CCC(OC)c1ccc(C2CCC(CCC3CCC(/C=C/CCCCF)CC3)CC2)cc1. The number of allylic oxidation sites excluding steroid dienone is 2. The molecule has 0 N–H and O–H groups in total. The second-order valence-electron chi connectivity index (χ2n) is 10.5. The van der Waals surface area contributed by atoms with Crippen LogP contribution in [-0.4, -0.2) is 13.8 Å². The normalized spacial score (nSPS) is 27.6. The van der Waals surface area contributed by atoms with Crippen LogP contribution in [0.1, 0.15) is 120 Å². The number of alkyl halides is 1. The molecule has 1 unspecified atom stereocenters. The van der Waals surface area contributed by atoms with Gasteiger partial charge >= 0.3 is 0 Å². The average molecular weight is 443 g/mol. The zero-order chi connectivity index (χ0) is 22.6. The summed E-state index contributed by atoms with van der Waals surface area (Å²) in [7, 11) is 1.81. The Balaban J connectivity index is 1.31. The molecule has 1 aromatic rings. The molecule has 0 aromatic heterocycles. The van der Waals surface area contributed by atoms with Crippen LogP contribution in [0.3, 0.4) is 0 Å². The maximum absolute atomic E-state index is 12.2. The maximum atomic E-state index is 12.2. The van der Waals surface area contributed by atoms with Gasteiger partial charge in [-0.25, -0.2) is 0 Å². The van der Waals surface area contributed by atoms with Gasteiger partial charge in [-0.1, -0.05) is 56.2 Å². The van der Waals surface area contributed by atoms with Crippen LogP contribution in [0.2, 0.25) is 0 Å². The molecule has 0 heterocycles. The van der Waals surface area contributed by atoms with Gasteiger partial charge in [-0.3, -0.25) is 4.39 Å². The van der Waals surface area contributed by atoms with Gasteiger partial charge in [0.25, 0.3) is 0 Å². The van der Waals surface area contributed by atoms with Crippen LogP contribution < -0.4 is 0 Å². The van der Waals surface area contributed by atoms with Crippen molar-refractivity contribution in [1.29, 1.82) is 0 Å². The third-order valence-electron chi connectivity index (χ3n) is 8.32. The van der Waals surface area contributed by atoms with Gasteiger partial charge in [0.2, 0.25) is 0 Å². The zero-order valence-electron chi connectivity index (χ0n) is 20.7. The zero-order valence-corrected chi connectivity index (χ0v) is 20.7. The van der Waals surface area contributed by atoms with Gasteiger partial charge < -0.3 is 4.74 Å². The van der Waals surface area contributed by atoms with Crippen molar-refractivity contribution in [2.45, 2.75) is 109 Å². The second kappa shape index (κ2) is 14.2. The highest BCUT2D eigenvalue weighted by Gasteiger charge is 2.25. The van der Waals surface area contributed by atoms with Crippen LogP contribution in [0.25, 0.3) is 0 Å². The molecule has 2 saturated carbocycles. The molecule has 2 heteroatoms. The fourth-order valence-electron chi connectivity index (χ4n) is 6.09. The van der Waals surface area contributed by atoms with Crippen LogP contribution >= 0.6 is 0 Å². The van der Waals surface area contributed by atoms with E-state index >= 15 is 0 Å². The molecule has 0 amide bonds. The van der Waals surface area contributed by atoms with Crippen molar-refractivity contribution in [3.63, 3.8) is 0 Å². The van der Waals surface area contributed by atoms with Crippen molar-refractivity contribution in [1.82, 2.24) is 0 Å². The highest BCUT2D eigenvalue weighted by molar-refractivity contribution is 5.27. The summed E-state index contributed by atoms with van der Waals surface area (Å²) in [6, 6.07) is 9.29. The first-order valence-corrected chi connectivity index (χ1v) is 13.6. The Bertz CT molecular complexity index is 631. The van der Waals surface area contributed by atoms with Crippen LogP contribution in [-0.2, 0) is 4.74 Å². The van der Waals surface area contributed by atoms with E-state index in [-0.39, 0.29) is 12.8 Å². The first-order valence-electron chi connectivity index (χ1n) is 13.6. The van der Waals surface area contributed by atoms with E-state index in [0.717, 1.165) is 49.4 Å². The van der Waals surface area contributed by atoms with Crippen LogP contribution in [0.4, 0.5) is 4.39 Å². The molecular formula is C30H47FO. The first kappa shape index (κ1) is 25.5. The summed E-state index contributed by atoms with van der Waals surface area (Å²) in [6.45, 7) is 2.02. The molecule has 0 spiro atoms. The van der Waals surface area contributed by atoms with Gasteiger partial charge in [-0.05, 0) is 112 Å². The standard InChI is InChI=1S/C30H47FO/c1-3-30(32-2)29-21-19-28(20-22-29)27-17-15-26(16-18-27)14-13-25-11-9-24(10-12-25)8-6-4-5-7-23-31/h6,8,19-22,24-27,30H,3-5,7,9-18,23H2,1-2H3/b8-6+. The molecule has 0 bridgehead atoms. The van der Waals surface area contributed by atoms with Gasteiger partial charge in [-0.15, -0.1) is 0 Å².